The molecule has 7 rings (SSSR count). The Bertz CT molecular complexity index is 1460. The smallest absolute Gasteiger partial charge is 0.323 e. The molecule has 3 aliphatic rings. The van der Waals surface area contributed by atoms with E-state index in [4.69, 9.17) is 4.98 Å². The predicted octanol–water partition coefficient (Wildman–Crippen LogP) is 2.80. The zero-order valence-corrected chi connectivity index (χ0v) is 18.0. The van der Waals surface area contributed by atoms with Gasteiger partial charge in [-0.1, -0.05) is 0 Å². The van der Waals surface area contributed by atoms with Crippen molar-refractivity contribution in [3.05, 3.63) is 40.8 Å². The molecule has 32 heavy (non-hydrogen) atoms. The number of rotatable bonds is 3. The first kappa shape index (κ1) is 19.0. The molecule has 0 aromatic carbocycles. The van der Waals surface area contributed by atoms with Crippen molar-refractivity contribution in [1.29, 1.82) is 5.26 Å². The van der Waals surface area contributed by atoms with E-state index in [9.17, 15) is 10.1 Å². The Morgan fingerprint density at radius 1 is 1.16 bits per heavy atom. The van der Waals surface area contributed by atoms with Crippen LogP contribution in [-0.2, 0) is 12.6 Å². The molecule has 0 saturated heterocycles. The van der Waals surface area contributed by atoms with Crippen LogP contribution in [0.4, 0.5) is 11.6 Å². The highest BCUT2D eigenvalue weighted by atomic mass is 16.2. The number of aryl methyl sites for hydroxylation is 2. The predicted molar refractivity (Wildman–Crippen MR) is 117 cm³/mol. The van der Waals surface area contributed by atoms with Crippen LogP contribution in [0, 0.1) is 23.7 Å². The van der Waals surface area contributed by atoms with E-state index in [0.717, 1.165) is 55.4 Å². The maximum Gasteiger partial charge on any atom is 0.330 e. The molecule has 4 aromatic heterocycles. The number of hydrogen-bond donors (Lipinski definition) is 1. The number of nitrogens with one attached hydrogen (secondary N) is 1. The highest BCUT2D eigenvalue weighted by molar-refractivity contribution is 5.73. The van der Waals surface area contributed by atoms with E-state index < -0.39 is 0 Å². The third kappa shape index (κ3) is 2.54. The van der Waals surface area contributed by atoms with E-state index in [-0.39, 0.29) is 16.6 Å². The number of nitrogens with zero attached hydrogens (tertiary/aromatic N) is 8. The van der Waals surface area contributed by atoms with Crippen LogP contribution in [0.5, 0.6) is 0 Å². The molecule has 10 nitrogen and oxygen atoms in total. The van der Waals surface area contributed by atoms with E-state index in [1.807, 2.05) is 23.8 Å². The van der Waals surface area contributed by atoms with Gasteiger partial charge in [-0.15, -0.1) is 0 Å². The van der Waals surface area contributed by atoms with Gasteiger partial charge in [0.1, 0.15) is 11.8 Å². The molecule has 162 valence electrons. The summed E-state index contributed by atoms with van der Waals surface area (Å²) in [6.07, 6.45) is 10.0. The zero-order chi connectivity index (χ0) is 22.1. The molecule has 3 fully saturated rings. The van der Waals surface area contributed by atoms with Crippen LogP contribution in [0.25, 0.3) is 16.8 Å². The third-order valence-corrected chi connectivity index (χ3v) is 7.59. The lowest BCUT2D eigenvalue weighted by Gasteiger charge is -2.50. The first-order valence-corrected chi connectivity index (χ1v) is 10.9. The number of hydrogen-bond acceptors (Lipinski definition) is 7. The van der Waals surface area contributed by atoms with Gasteiger partial charge < -0.3 is 5.32 Å². The molecule has 0 aliphatic heterocycles. The van der Waals surface area contributed by atoms with E-state index in [0.29, 0.717) is 17.1 Å². The molecule has 0 spiro atoms. The highest BCUT2D eigenvalue weighted by Crippen LogP contribution is 2.55. The first-order chi connectivity index (χ1) is 15.4. The second-order valence-corrected chi connectivity index (χ2v) is 9.25. The largest absolute Gasteiger partial charge is 0.330 e. The number of anilines is 2. The molecule has 4 heterocycles. The van der Waals surface area contributed by atoms with E-state index in [1.165, 1.54) is 6.33 Å². The number of pyridine rings is 1. The maximum atomic E-state index is 13.3. The van der Waals surface area contributed by atoms with E-state index in [2.05, 4.69) is 26.5 Å². The molecule has 10 heteroatoms. The van der Waals surface area contributed by atoms with Gasteiger partial charge in [0.15, 0.2) is 11.3 Å². The monoisotopic (exact) mass is 429 g/mol. The summed E-state index contributed by atoms with van der Waals surface area (Å²) in [5.74, 6) is 0.425. The maximum absolute atomic E-state index is 13.3. The van der Waals surface area contributed by atoms with Crippen molar-refractivity contribution < 1.29 is 0 Å². The molecule has 0 radical (unpaired) electrons. The zero-order valence-electron chi connectivity index (χ0n) is 18.0. The van der Waals surface area contributed by atoms with Crippen molar-refractivity contribution >= 4 is 28.4 Å². The summed E-state index contributed by atoms with van der Waals surface area (Å²) in [6, 6.07) is 4.48. The van der Waals surface area contributed by atoms with Crippen LogP contribution < -0.4 is 11.0 Å². The molecule has 2 bridgehead atoms. The Kier molecular flexibility index (Phi) is 3.79. The number of imidazole rings is 1. The summed E-state index contributed by atoms with van der Waals surface area (Å²) >= 11 is 0. The lowest BCUT2D eigenvalue weighted by molar-refractivity contribution is 0.0350. The standard InChI is InChI=1S/C22H23N9O/c1-14-9-17-25-13-26-30(17)11-15(14)27-19-24-10-16-18(28-19)31(20(32)29(16)2)22-6-3-21(12-23,4-7-22)5-8-22/h9-11,13H,3-8H2,1-2H3,(H,24,27,28). The van der Waals surface area contributed by atoms with Gasteiger partial charge in [-0.2, -0.15) is 15.3 Å². The molecule has 0 unspecified atom stereocenters. The van der Waals surface area contributed by atoms with Crippen LogP contribution in [0.1, 0.15) is 44.1 Å². The fourth-order valence-corrected chi connectivity index (χ4v) is 5.48. The molecule has 3 saturated carbocycles. The number of nitriles is 1. The van der Waals surface area contributed by atoms with E-state index in [1.54, 1.807) is 22.3 Å². The summed E-state index contributed by atoms with van der Waals surface area (Å²) in [4.78, 5) is 26.8. The van der Waals surface area contributed by atoms with Crippen LogP contribution in [0.3, 0.4) is 0 Å². The molecule has 0 amide bonds. The second-order valence-electron chi connectivity index (χ2n) is 9.25. The Morgan fingerprint density at radius 3 is 2.62 bits per heavy atom. The van der Waals surface area contributed by atoms with Gasteiger partial charge in [-0.3, -0.25) is 9.13 Å². The van der Waals surface area contributed by atoms with Gasteiger partial charge in [-0.05, 0) is 57.1 Å². The summed E-state index contributed by atoms with van der Waals surface area (Å²) in [5, 5.41) is 17.1. The molecular formula is C22H23N9O. The Hall–Kier alpha value is -3.74. The van der Waals surface area contributed by atoms with Crippen molar-refractivity contribution in [3.63, 3.8) is 0 Å². The quantitative estimate of drug-likeness (QED) is 0.532. The third-order valence-electron chi connectivity index (χ3n) is 7.59. The van der Waals surface area contributed by atoms with Gasteiger partial charge in [0.2, 0.25) is 5.95 Å². The Balaban J connectivity index is 1.44. The van der Waals surface area contributed by atoms with Crippen molar-refractivity contribution in [3.8, 4) is 6.07 Å². The van der Waals surface area contributed by atoms with Crippen LogP contribution in [-0.4, -0.2) is 33.7 Å². The van der Waals surface area contributed by atoms with Gasteiger partial charge in [0.25, 0.3) is 0 Å². The minimum atomic E-state index is -0.281. The number of fused-ring (bicyclic) bond motifs is 5. The molecule has 1 N–H and O–H groups in total. The normalized spacial score (nSPS) is 24.8. The average Bonchev–Trinajstić information content (AvgIpc) is 3.37. The van der Waals surface area contributed by atoms with E-state index >= 15 is 0 Å². The SMILES string of the molecule is Cc1cc2ncnn2cc1Nc1ncc2c(n1)n(C13CCC(C#N)(CC1)CC3)c(=O)n2C. The molecule has 3 aliphatic carbocycles. The van der Waals surface area contributed by atoms with Crippen molar-refractivity contribution in [1.82, 2.24) is 33.7 Å². The number of aromatic nitrogens is 7. The highest BCUT2D eigenvalue weighted by Gasteiger charge is 2.51. The summed E-state index contributed by atoms with van der Waals surface area (Å²) in [7, 11) is 1.77. The summed E-state index contributed by atoms with van der Waals surface area (Å²) in [5.41, 5.74) is 3.36. The Morgan fingerprint density at radius 2 is 1.91 bits per heavy atom. The topological polar surface area (TPSA) is 119 Å². The Labute approximate surface area is 183 Å². The van der Waals surface area contributed by atoms with Crippen molar-refractivity contribution in [2.75, 3.05) is 5.32 Å². The molecule has 4 aromatic rings. The minimum absolute atomic E-state index is 0.0713. The van der Waals surface area contributed by atoms with Crippen LogP contribution in [0.15, 0.2) is 29.6 Å². The minimum Gasteiger partial charge on any atom is -0.323 e. The van der Waals surface area contributed by atoms with Gasteiger partial charge in [0, 0.05) is 7.05 Å². The van der Waals surface area contributed by atoms with Gasteiger partial charge in [-0.25, -0.2) is 19.3 Å². The lowest BCUT2D eigenvalue weighted by Crippen LogP contribution is -2.50. The van der Waals surface area contributed by atoms with Gasteiger partial charge in [0.05, 0.1) is 35.1 Å². The van der Waals surface area contributed by atoms with Crippen LogP contribution in [0.2, 0.25) is 0 Å². The fourth-order valence-electron chi connectivity index (χ4n) is 5.48. The van der Waals surface area contributed by atoms with Crippen molar-refractivity contribution in [2.45, 2.75) is 51.0 Å². The fraction of sp³-hybridized carbons (Fsp3) is 0.455. The second kappa shape index (κ2) is 6.38. The van der Waals surface area contributed by atoms with Crippen LogP contribution >= 0.6 is 0 Å². The van der Waals surface area contributed by atoms with Crippen molar-refractivity contribution in [2.24, 2.45) is 12.5 Å². The first-order valence-electron chi connectivity index (χ1n) is 10.9. The average molecular weight is 429 g/mol. The summed E-state index contributed by atoms with van der Waals surface area (Å²) in [6.45, 7) is 1.98. The summed E-state index contributed by atoms with van der Waals surface area (Å²) < 4.78 is 5.20. The van der Waals surface area contributed by atoms with Gasteiger partial charge >= 0.3 is 5.69 Å². The molecular weight excluding hydrogens is 406 g/mol. The lowest BCUT2D eigenvalue weighted by atomic mass is 9.58. The molecule has 0 atom stereocenters.